The fourth-order valence-corrected chi connectivity index (χ4v) is 2.38. The summed E-state index contributed by atoms with van der Waals surface area (Å²) in [7, 11) is 1.70. The molecule has 0 aliphatic carbocycles. The van der Waals surface area contributed by atoms with E-state index < -0.39 is 0 Å². The number of methoxy groups -OCH3 is 1. The van der Waals surface area contributed by atoms with Crippen molar-refractivity contribution in [1.82, 2.24) is 4.90 Å². The molecule has 0 radical (unpaired) electrons. The molecule has 4 nitrogen and oxygen atoms in total. The van der Waals surface area contributed by atoms with Crippen molar-refractivity contribution in [2.24, 2.45) is 5.73 Å². The standard InChI is InChI=1S/C16H20N2O2/c1-20-15-8-4-10-18(12-15)16(19)14-7-2-5-13(11-14)6-3-9-17/h2,5,7,11,15H,4,8-10,12,17H2,1H3. The molecule has 0 spiro atoms. The number of hydrogen-bond acceptors (Lipinski definition) is 3. The summed E-state index contributed by atoms with van der Waals surface area (Å²) in [5, 5.41) is 0. The lowest BCUT2D eigenvalue weighted by atomic mass is 10.1. The average molecular weight is 272 g/mol. The summed E-state index contributed by atoms with van der Waals surface area (Å²) in [6.45, 7) is 1.77. The van der Waals surface area contributed by atoms with Gasteiger partial charge >= 0.3 is 0 Å². The van der Waals surface area contributed by atoms with Crippen LogP contribution in [-0.2, 0) is 4.74 Å². The minimum Gasteiger partial charge on any atom is -0.380 e. The van der Waals surface area contributed by atoms with Gasteiger partial charge in [-0.25, -0.2) is 0 Å². The number of carbonyl (C=O) groups is 1. The summed E-state index contributed by atoms with van der Waals surface area (Å²) in [5.74, 6) is 5.80. The lowest BCUT2D eigenvalue weighted by Crippen LogP contribution is -2.42. The molecule has 2 rings (SSSR count). The molecular formula is C16H20N2O2. The van der Waals surface area contributed by atoms with Crippen LogP contribution in [0.15, 0.2) is 24.3 Å². The third-order valence-electron chi connectivity index (χ3n) is 3.44. The molecule has 2 N–H and O–H groups in total. The Bertz CT molecular complexity index is 531. The number of benzene rings is 1. The normalized spacial score (nSPS) is 18.3. The maximum absolute atomic E-state index is 12.5. The summed E-state index contributed by atoms with van der Waals surface area (Å²) >= 11 is 0. The first kappa shape index (κ1) is 14.6. The highest BCUT2D eigenvalue weighted by Crippen LogP contribution is 2.16. The van der Waals surface area contributed by atoms with E-state index in [4.69, 9.17) is 10.5 Å². The summed E-state index contributed by atoms with van der Waals surface area (Å²) in [5.41, 5.74) is 6.85. The van der Waals surface area contributed by atoms with Gasteiger partial charge in [-0.1, -0.05) is 17.9 Å². The number of nitrogens with two attached hydrogens (primary N) is 1. The van der Waals surface area contributed by atoms with E-state index in [0.29, 0.717) is 18.7 Å². The molecule has 1 aliphatic rings. The quantitative estimate of drug-likeness (QED) is 0.824. The fraction of sp³-hybridized carbons (Fsp3) is 0.438. The molecule has 1 aromatic carbocycles. The Labute approximate surface area is 119 Å². The van der Waals surface area contributed by atoms with E-state index in [1.165, 1.54) is 0 Å². The van der Waals surface area contributed by atoms with Crippen LogP contribution in [0.1, 0.15) is 28.8 Å². The van der Waals surface area contributed by atoms with Crippen LogP contribution in [0.5, 0.6) is 0 Å². The highest BCUT2D eigenvalue weighted by molar-refractivity contribution is 5.94. The zero-order chi connectivity index (χ0) is 14.4. The zero-order valence-corrected chi connectivity index (χ0v) is 11.8. The van der Waals surface area contributed by atoms with E-state index >= 15 is 0 Å². The van der Waals surface area contributed by atoms with Gasteiger partial charge in [0.2, 0.25) is 0 Å². The van der Waals surface area contributed by atoms with Crippen LogP contribution in [0.2, 0.25) is 0 Å². The first-order valence-corrected chi connectivity index (χ1v) is 6.85. The first-order valence-electron chi connectivity index (χ1n) is 6.85. The number of likely N-dealkylation sites (tertiary alicyclic amines) is 1. The Hall–Kier alpha value is -1.83. The van der Waals surface area contributed by atoms with Crippen LogP contribution in [0.4, 0.5) is 0 Å². The van der Waals surface area contributed by atoms with Gasteiger partial charge in [0.25, 0.3) is 5.91 Å². The van der Waals surface area contributed by atoms with Gasteiger partial charge in [-0.3, -0.25) is 4.79 Å². The Kier molecular flexibility index (Phi) is 5.16. The molecule has 1 aliphatic heterocycles. The molecule has 1 unspecified atom stereocenters. The molecule has 1 atom stereocenters. The van der Waals surface area contributed by atoms with E-state index in [-0.39, 0.29) is 12.0 Å². The summed E-state index contributed by atoms with van der Waals surface area (Å²) in [6.07, 6.45) is 2.15. The Balaban J connectivity index is 2.12. The average Bonchev–Trinajstić information content (AvgIpc) is 2.52. The fourth-order valence-electron chi connectivity index (χ4n) is 2.38. The van der Waals surface area contributed by atoms with E-state index in [1.807, 2.05) is 29.2 Å². The van der Waals surface area contributed by atoms with Crippen molar-refractivity contribution in [1.29, 1.82) is 0 Å². The second kappa shape index (κ2) is 7.09. The van der Waals surface area contributed by atoms with Crippen LogP contribution in [-0.4, -0.2) is 43.7 Å². The van der Waals surface area contributed by atoms with E-state index in [0.717, 1.165) is 24.9 Å². The molecule has 0 bridgehead atoms. The molecule has 1 amide bonds. The molecule has 1 fully saturated rings. The third kappa shape index (κ3) is 3.60. The maximum atomic E-state index is 12.5. The van der Waals surface area contributed by atoms with Gasteiger partial charge in [0.15, 0.2) is 0 Å². The van der Waals surface area contributed by atoms with Gasteiger partial charge in [0, 0.05) is 31.3 Å². The van der Waals surface area contributed by atoms with Crippen molar-refractivity contribution in [3.8, 4) is 11.8 Å². The number of rotatable bonds is 2. The van der Waals surface area contributed by atoms with Gasteiger partial charge in [-0.05, 0) is 31.0 Å². The van der Waals surface area contributed by atoms with E-state index in [9.17, 15) is 4.79 Å². The van der Waals surface area contributed by atoms with Gasteiger partial charge in [-0.15, -0.1) is 0 Å². The molecule has 20 heavy (non-hydrogen) atoms. The number of hydrogen-bond donors (Lipinski definition) is 1. The Morgan fingerprint density at radius 3 is 3.15 bits per heavy atom. The zero-order valence-electron chi connectivity index (χ0n) is 11.8. The number of piperidine rings is 1. The third-order valence-corrected chi connectivity index (χ3v) is 3.44. The van der Waals surface area contributed by atoms with Gasteiger partial charge < -0.3 is 15.4 Å². The Morgan fingerprint density at radius 1 is 1.55 bits per heavy atom. The first-order chi connectivity index (χ1) is 9.74. The highest BCUT2D eigenvalue weighted by Gasteiger charge is 2.24. The summed E-state index contributed by atoms with van der Waals surface area (Å²) in [4.78, 5) is 14.3. The van der Waals surface area contributed by atoms with Crippen molar-refractivity contribution >= 4 is 5.91 Å². The van der Waals surface area contributed by atoms with Crippen molar-refractivity contribution in [2.75, 3.05) is 26.7 Å². The van der Waals surface area contributed by atoms with Crippen molar-refractivity contribution in [3.63, 3.8) is 0 Å². The van der Waals surface area contributed by atoms with Crippen LogP contribution in [0.3, 0.4) is 0 Å². The molecular weight excluding hydrogens is 252 g/mol. The van der Waals surface area contributed by atoms with Gasteiger partial charge in [0.1, 0.15) is 0 Å². The van der Waals surface area contributed by atoms with Crippen LogP contribution in [0, 0.1) is 11.8 Å². The summed E-state index contributed by atoms with van der Waals surface area (Å²) in [6, 6.07) is 7.38. The number of ether oxygens (including phenoxy) is 1. The van der Waals surface area contributed by atoms with Crippen LogP contribution >= 0.6 is 0 Å². The SMILES string of the molecule is COC1CCCN(C(=O)c2cccc(C#CCN)c2)C1. The van der Waals surface area contributed by atoms with Crippen LogP contribution in [0.25, 0.3) is 0 Å². The molecule has 106 valence electrons. The lowest BCUT2D eigenvalue weighted by molar-refractivity contribution is 0.0269. The largest absolute Gasteiger partial charge is 0.380 e. The van der Waals surface area contributed by atoms with Gasteiger partial charge in [0.05, 0.1) is 12.6 Å². The topological polar surface area (TPSA) is 55.6 Å². The van der Waals surface area contributed by atoms with Crippen molar-refractivity contribution in [2.45, 2.75) is 18.9 Å². The highest BCUT2D eigenvalue weighted by atomic mass is 16.5. The predicted octanol–water partition coefficient (Wildman–Crippen LogP) is 1.25. The minimum atomic E-state index is 0.0446. The number of nitrogens with zero attached hydrogens (tertiary/aromatic N) is 1. The summed E-state index contributed by atoms with van der Waals surface area (Å²) < 4.78 is 5.35. The van der Waals surface area contributed by atoms with E-state index in [1.54, 1.807) is 7.11 Å². The Morgan fingerprint density at radius 2 is 2.40 bits per heavy atom. The second-order valence-electron chi connectivity index (χ2n) is 4.84. The molecule has 0 aromatic heterocycles. The second-order valence-corrected chi connectivity index (χ2v) is 4.84. The monoisotopic (exact) mass is 272 g/mol. The van der Waals surface area contributed by atoms with Gasteiger partial charge in [-0.2, -0.15) is 0 Å². The van der Waals surface area contributed by atoms with Crippen LogP contribution < -0.4 is 5.73 Å². The molecule has 4 heteroatoms. The molecule has 1 aromatic rings. The smallest absolute Gasteiger partial charge is 0.253 e. The maximum Gasteiger partial charge on any atom is 0.253 e. The number of carbonyl (C=O) groups excluding carboxylic acids is 1. The van der Waals surface area contributed by atoms with Crippen molar-refractivity contribution in [3.05, 3.63) is 35.4 Å². The molecule has 1 saturated heterocycles. The molecule has 1 heterocycles. The predicted molar refractivity (Wildman–Crippen MR) is 78.3 cm³/mol. The molecule has 0 saturated carbocycles. The minimum absolute atomic E-state index is 0.0446. The lowest BCUT2D eigenvalue weighted by Gasteiger charge is -2.32. The van der Waals surface area contributed by atoms with Crippen molar-refractivity contribution < 1.29 is 9.53 Å². The van der Waals surface area contributed by atoms with E-state index in [2.05, 4.69) is 11.8 Å². The number of amides is 1.